The van der Waals surface area contributed by atoms with Crippen LogP contribution < -0.4 is 10.6 Å². The predicted molar refractivity (Wildman–Crippen MR) is 112 cm³/mol. The Bertz CT molecular complexity index is 991. The Kier molecular flexibility index (Phi) is 5.75. The van der Waals surface area contributed by atoms with Crippen molar-refractivity contribution in [3.8, 4) is 0 Å². The first-order chi connectivity index (χ1) is 14.2. The molecule has 2 amide bonds. The van der Waals surface area contributed by atoms with Crippen molar-refractivity contribution in [1.29, 1.82) is 0 Å². The molecular weight excluding hydrogens is 364 g/mol. The maximum Gasteiger partial charge on any atom is 0.291 e. The van der Waals surface area contributed by atoms with Gasteiger partial charge in [-0.1, -0.05) is 30.3 Å². The molecule has 0 bridgehead atoms. The number of hydrogen-bond acceptors (Lipinski definition) is 3. The molecule has 0 radical (unpaired) electrons. The molecule has 0 aliphatic heterocycles. The quantitative estimate of drug-likeness (QED) is 0.662. The van der Waals surface area contributed by atoms with Crippen molar-refractivity contribution in [3.05, 3.63) is 88.9 Å². The van der Waals surface area contributed by atoms with Crippen LogP contribution in [0.1, 0.15) is 45.7 Å². The van der Waals surface area contributed by atoms with E-state index in [2.05, 4.69) is 28.8 Å². The van der Waals surface area contributed by atoms with Crippen LogP contribution >= 0.6 is 0 Å². The monoisotopic (exact) mass is 388 g/mol. The molecule has 5 nitrogen and oxygen atoms in total. The van der Waals surface area contributed by atoms with E-state index < -0.39 is 0 Å². The zero-order valence-electron chi connectivity index (χ0n) is 16.2. The second-order valence-corrected chi connectivity index (χ2v) is 7.39. The highest BCUT2D eigenvalue weighted by Crippen LogP contribution is 2.22. The lowest BCUT2D eigenvalue weighted by molar-refractivity contribution is -0.120. The molecule has 3 aromatic rings. The lowest BCUT2D eigenvalue weighted by atomic mass is 9.90. The van der Waals surface area contributed by atoms with Gasteiger partial charge in [0.05, 0.1) is 12.7 Å². The van der Waals surface area contributed by atoms with E-state index in [0.29, 0.717) is 18.7 Å². The number of anilines is 1. The molecule has 1 aromatic heterocycles. The summed E-state index contributed by atoms with van der Waals surface area (Å²) in [6.07, 6.45) is 6.63. The van der Waals surface area contributed by atoms with Gasteiger partial charge in [0.2, 0.25) is 5.91 Å². The Morgan fingerprint density at radius 2 is 1.66 bits per heavy atom. The molecule has 0 unspecified atom stereocenters. The standard InChI is InChI=1S/C24H24N2O3/c27-23(15-18-7-10-19-4-1-2-5-20(19)14-18)25-16-17-8-11-21(12-9-17)26-24(28)22-6-3-13-29-22/h3,6-14H,1-2,4-5,15-16H2,(H,25,27)(H,26,28). The first-order valence-electron chi connectivity index (χ1n) is 9.98. The van der Waals surface area contributed by atoms with Crippen molar-refractivity contribution >= 4 is 17.5 Å². The first kappa shape index (κ1) is 19.0. The molecule has 1 aliphatic rings. The lowest BCUT2D eigenvalue weighted by Crippen LogP contribution is -2.24. The van der Waals surface area contributed by atoms with Crippen LogP contribution in [0.2, 0.25) is 0 Å². The van der Waals surface area contributed by atoms with E-state index in [4.69, 9.17) is 4.42 Å². The van der Waals surface area contributed by atoms with Gasteiger partial charge in [-0.2, -0.15) is 0 Å². The number of amides is 2. The number of carbonyl (C=O) groups is 2. The van der Waals surface area contributed by atoms with Gasteiger partial charge in [0, 0.05) is 12.2 Å². The second kappa shape index (κ2) is 8.78. The van der Waals surface area contributed by atoms with Gasteiger partial charge in [-0.05, 0) is 72.2 Å². The average molecular weight is 388 g/mol. The third-order valence-corrected chi connectivity index (χ3v) is 5.22. The second-order valence-electron chi connectivity index (χ2n) is 7.39. The largest absolute Gasteiger partial charge is 0.459 e. The van der Waals surface area contributed by atoms with E-state index in [0.717, 1.165) is 24.0 Å². The highest BCUT2D eigenvalue weighted by atomic mass is 16.3. The highest BCUT2D eigenvalue weighted by Gasteiger charge is 2.11. The number of aryl methyl sites for hydroxylation is 2. The molecule has 2 aromatic carbocycles. The smallest absolute Gasteiger partial charge is 0.291 e. The molecule has 1 aliphatic carbocycles. The van der Waals surface area contributed by atoms with Crippen molar-refractivity contribution in [3.63, 3.8) is 0 Å². The van der Waals surface area contributed by atoms with Gasteiger partial charge in [-0.15, -0.1) is 0 Å². The maximum absolute atomic E-state index is 12.3. The zero-order valence-corrected chi connectivity index (χ0v) is 16.2. The number of rotatable bonds is 6. The molecule has 0 spiro atoms. The summed E-state index contributed by atoms with van der Waals surface area (Å²) in [5.74, 6) is -0.0134. The van der Waals surface area contributed by atoms with E-state index in [1.54, 1.807) is 12.1 Å². The first-order valence-corrected chi connectivity index (χ1v) is 9.98. The van der Waals surface area contributed by atoms with Crippen molar-refractivity contribution < 1.29 is 14.0 Å². The Hall–Kier alpha value is -3.34. The van der Waals surface area contributed by atoms with Crippen molar-refractivity contribution in [1.82, 2.24) is 5.32 Å². The van der Waals surface area contributed by atoms with E-state index in [-0.39, 0.29) is 17.6 Å². The van der Waals surface area contributed by atoms with Crippen LogP contribution in [0.5, 0.6) is 0 Å². The Labute approximate surface area is 170 Å². The van der Waals surface area contributed by atoms with Crippen LogP contribution in [0, 0.1) is 0 Å². The molecule has 0 atom stereocenters. The lowest BCUT2D eigenvalue weighted by Gasteiger charge is -2.16. The number of hydrogen-bond donors (Lipinski definition) is 2. The molecule has 5 heteroatoms. The van der Waals surface area contributed by atoms with Gasteiger partial charge in [-0.25, -0.2) is 0 Å². The van der Waals surface area contributed by atoms with Crippen LogP contribution in [0.25, 0.3) is 0 Å². The minimum atomic E-state index is -0.291. The number of furan rings is 1. The number of benzene rings is 2. The highest BCUT2D eigenvalue weighted by molar-refractivity contribution is 6.02. The summed E-state index contributed by atoms with van der Waals surface area (Å²) in [4.78, 5) is 24.3. The Balaban J connectivity index is 1.27. The number of nitrogens with one attached hydrogen (secondary N) is 2. The van der Waals surface area contributed by atoms with E-state index in [1.807, 2.05) is 24.3 Å². The minimum Gasteiger partial charge on any atom is -0.459 e. The van der Waals surface area contributed by atoms with Gasteiger partial charge in [-0.3, -0.25) is 9.59 Å². The number of fused-ring (bicyclic) bond motifs is 1. The zero-order chi connectivity index (χ0) is 20.1. The third-order valence-electron chi connectivity index (χ3n) is 5.22. The fourth-order valence-electron chi connectivity index (χ4n) is 3.65. The third kappa shape index (κ3) is 4.93. The van der Waals surface area contributed by atoms with Gasteiger partial charge in [0.25, 0.3) is 5.91 Å². The summed E-state index contributed by atoms with van der Waals surface area (Å²) >= 11 is 0. The van der Waals surface area contributed by atoms with Crippen molar-refractivity contribution in [2.24, 2.45) is 0 Å². The summed E-state index contributed by atoms with van der Waals surface area (Å²) < 4.78 is 5.08. The fraction of sp³-hybridized carbons (Fsp3) is 0.250. The normalized spacial score (nSPS) is 12.8. The van der Waals surface area contributed by atoms with E-state index in [1.165, 1.54) is 30.2 Å². The van der Waals surface area contributed by atoms with Gasteiger partial charge in [0.15, 0.2) is 5.76 Å². The summed E-state index contributed by atoms with van der Waals surface area (Å²) in [5, 5.41) is 5.74. The molecule has 0 fully saturated rings. The van der Waals surface area contributed by atoms with Crippen molar-refractivity contribution in [2.45, 2.75) is 38.6 Å². The molecule has 148 valence electrons. The van der Waals surface area contributed by atoms with Crippen LogP contribution in [0.15, 0.2) is 65.3 Å². The van der Waals surface area contributed by atoms with Gasteiger partial charge in [0.1, 0.15) is 0 Å². The molecule has 0 saturated heterocycles. The Morgan fingerprint density at radius 3 is 2.41 bits per heavy atom. The molecule has 4 rings (SSSR count). The molecule has 2 N–H and O–H groups in total. The summed E-state index contributed by atoms with van der Waals surface area (Å²) in [6, 6.07) is 17.1. The van der Waals surface area contributed by atoms with Gasteiger partial charge < -0.3 is 15.1 Å². The summed E-state index contributed by atoms with van der Waals surface area (Å²) in [6.45, 7) is 0.455. The Morgan fingerprint density at radius 1 is 0.897 bits per heavy atom. The molecule has 29 heavy (non-hydrogen) atoms. The van der Waals surface area contributed by atoms with Gasteiger partial charge >= 0.3 is 0 Å². The summed E-state index contributed by atoms with van der Waals surface area (Å²) in [7, 11) is 0. The topological polar surface area (TPSA) is 71.3 Å². The minimum absolute atomic E-state index is 0.0101. The SMILES string of the molecule is O=C(Cc1ccc2c(c1)CCCC2)NCc1ccc(NC(=O)c2ccco2)cc1. The van der Waals surface area contributed by atoms with Crippen LogP contribution in [0.3, 0.4) is 0 Å². The predicted octanol–water partition coefficient (Wildman–Crippen LogP) is 4.27. The fourth-order valence-corrected chi connectivity index (χ4v) is 3.65. The average Bonchev–Trinajstić information content (AvgIpc) is 3.28. The van der Waals surface area contributed by atoms with Crippen LogP contribution in [-0.2, 0) is 30.6 Å². The summed E-state index contributed by atoms with van der Waals surface area (Å²) in [5.41, 5.74) is 5.54. The van der Waals surface area contributed by atoms with E-state index in [9.17, 15) is 9.59 Å². The molecule has 0 saturated carbocycles. The molecular formula is C24H24N2O3. The van der Waals surface area contributed by atoms with E-state index >= 15 is 0 Å². The van der Waals surface area contributed by atoms with Crippen LogP contribution in [-0.4, -0.2) is 11.8 Å². The van der Waals surface area contributed by atoms with Crippen LogP contribution in [0.4, 0.5) is 5.69 Å². The number of carbonyl (C=O) groups excluding carboxylic acids is 2. The van der Waals surface area contributed by atoms with Crippen molar-refractivity contribution in [2.75, 3.05) is 5.32 Å². The maximum atomic E-state index is 12.3. The molecule has 1 heterocycles.